The number of methoxy groups -OCH3 is 1. The first-order valence-corrected chi connectivity index (χ1v) is 5.76. The quantitative estimate of drug-likeness (QED) is 0.838. The van der Waals surface area contributed by atoms with Gasteiger partial charge in [0, 0.05) is 12.7 Å². The Balaban J connectivity index is 2.91. The van der Waals surface area contributed by atoms with Crippen LogP contribution in [0, 0.1) is 0 Å². The third kappa shape index (κ3) is 3.37. The zero-order chi connectivity index (χ0) is 13.7. The van der Waals surface area contributed by atoms with Gasteiger partial charge in [0.25, 0.3) is 0 Å². The largest absolute Gasteiger partial charge is 0.496 e. The predicted molar refractivity (Wildman–Crippen MR) is 70.9 cm³/mol. The number of hydrogen-bond acceptors (Lipinski definition) is 3. The molecule has 1 aromatic carbocycles. The number of nitrogens with one attached hydrogen (secondary N) is 1. The minimum Gasteiger partial charge on any atom is -0.496 e. The molecule has 0 bridgehead atoms. The van der Waals surface area contributed by atoms with Crippen LogP contribution in [-0.4, -0.2) is 32.4 Å². The maximum Gasteiger partial charge on any atom is 0.345 e. The molecular formula is C13H20N2O3. The number of hydrogen-bond donors (Lipinski definition) is 1. The lowest BCUT2D eigenvalue weighted by Crippen LogP contribution is -2.30. The molecule has 0 atom stereocenters. The van der Waals surface area contributed by atoms with Crippen LogP contribution in [0.2, 0.25) is 0 Å². The maximum absolute atomic E-state index is 11.6. The fourth-order valence-electron chi connectivity index (χ4n) is 1.55. The van der Waals surface area contributed by atoms with Gasteiger partial charge in [-0.25, -0.2) is 9.86 Å². The number of amides is 2. The van der Waals surface area contributed by atoms with Crippen LogP contribution in [0.25, 0.3) is 0 Å². The van der Waals surface area contributed by atoms with Gasteiger partial charge in [0.1, 0.15) is 5.75 Å². The number of rotatable bonds is 4. The number of anilines is 1. The first kappa shape index (κ1) is 14.3. The van der Waals surface area contributed by atoms with E-state index >= 15 is 0 Å². The summed E-state index contributed by atoms with van der Waals surface area (Å²) in [6.45, 7) is 4.15. The predicted octanol–water partition coefficient (Wildman–Crippen LogP) is 2.84. The van der Waals surface area contributed by atoms with Crippen LogP contribution in [0.5, 0.6) is 5.75 Å². The number of hydroxylamine groups is 2. The smallest absolute Gasteiger partial charge is 0.345 e. The summed E-state index contributed by atoms with van der Waals surface area (Å²) in [5.74, 6) is 1.14. The van der Waals surface area contributed by atoms with Crippen molar-refractivity contribution in [3.63, 3.8) is 0 Å². The molecule has 1 N–H and O–H groups in total. The van der Waals surface area contributed by atoms with Gasteiger partial charge in [0.05, 0.1) is 14.2 Å². The Morgan fingerprint density at radius 2 is 2.00 bits per heavy atom. The average molecular weight is 252 g/mol. The van der Waals surface area contributed by atoms with Gasteiger partial charge in [-0.3, -0.25) is 4.84 Å². The summed E-state index contributed by atoms with van der Waals surface area (Å²) in [6.07, 6.45) is 0. The summed E-state index contributed by atoms with van der Waals surface area (Å²) in [7, 11) is 4.62. The van der Waals surface area contributed by atoms with E-state index in [1.165, 1.54) is 7.11 Å². The fourth-order valence-corrected chi connectivity index (χ4v) is 1.55. The van der Waals surface area contributed by atoms with Crippen molar-refractivity contribution >= 4 is 11.7 Å². The van der Waals surface area contributed by atoms with Crippen molar-refractivity contribution in [3.05, 3.63) is 23.8 Å². The summed E-state index contributed by atoms with van der Waals surface area (Å²) in [4.78, 5) is 16.4. The number of urea groups is 1. The Bertz CT molecular complexity index is 419. The van der Waals surface area contributed by atoms with Crippen LogP contribution < -0.4 is 10.1 Å². The zero-order valence-electron chi connectivity index (χ0n) is 11.5. The molecule has 1 rings (SSSR count). The van der Waals surface area contributed by atoms with Crippen molar-refractivity contribution in [1.29, 1.82) is 0 Å². The van der Waals surface area contributed by atoms with Crippen LogP contribution in [0.3, 0.4) is 0 Å². The van der Waals surface area contributed by atoms with Crippen LogP contribution in [0.15, 0.2) is 18.2 Å². The average Bonchev–Trinajstić information content (AvgIpc) is 2.37. The Labute approximate surface area is 108 Å². The van der Waals surface area contributed by atoms with Crippen molar-refractivity contribution < 1.29 is 14.4 Å². The van der Waals surface area contributed by atoms with Gasteiger partial charge in [0.15, 0.2) is 0 Å². The molecule has 0 fully saturated rings. The molecule has 1 aromatic rings. The highest BCUT2D eigenvalue weighted by molar-refractivity contribution is 5.88. The van der Waals surface area contributed by atoms with Gasteiger partial charge in [-0.15, -0.1) is 0 Å². The van der Waals surface area contributed by atoms with Gasteiger partial charge in [-0.05, 0) is 29.7 Å². The van der Waals surface area contributed by atoms with Crippen LogP contribution >= 0.6 is 0 Å². The highest BCUT2D eigenvalue weighted by atomic mass is 16.7. The Kier molecular flexibility index (Phi) is 4.97. The summed E-state index contributed by atoms with van der Waals surface area (Å²) in [5.41, 5.74) is 1.77. The molecule has 5 heteroatoms. The number of nitrogens with zero attached hydrogens (tertiary/aromatic N) is 1. The summed E-state index contributed by atoms with van der Waals surface area (Å²) < 4.78 is 5.29. The lowest BCUT2D eigenvalue weighted by molar-refractivity contribution is -0.0598. The molecule has 0 aliphatic heterocycles. The molecule has 0 aliphatic carbocycles. The van der Waals surface area contributed by atoms with E-state index in [9.17, 15) is 4.79 Å². The van der Waals surface area contributed by atoms with Crippen molar-refractivity contribution in [2.24, 2.45) is 0 Å². The second-order valence-corrected chi connectivity index (χ2v) is 4.22. The van der Waals surface area contributed by atoms with Crippen molar-refractivity contribution in [2.75, 3.05) is 26.6 Å². The molecule has 0 saturated heterocycles. The second-order valence-electron chi connectivity index (χ2n) is 4.22. The number of carbonyl (C=O) groups excluding carboxylic acids is 1. The topological polar surface area (TPSA) is 50.8 Å². The van der Waals surface area contributed by atoms with E-state index in [1.54, 1.807) is 20.2 Å². The molecule has 0 unspecified atom stereocenters. The Morgan fingerprint density at radius 1 is 1.33 bits per heavy atom. The van der Waals surface area contributed by atoms with E-state index in [2.05, 4.69) is 19.2 Å². The Morgan fingerprint density at radius 3 is 2.50 bits per heavy atom. The molecule has 18 heavy (non-hydrogen) atoms. The molecule has 0 spiro atoms. The highest BCUT2D eigenvalue weighted by Gasteiger charge is 2.11. The maximum atomic E-state index is 11.6. The van der Waals surface area contributed by atoms with E-state index in [1.807, 2.05) is 12.1 Å². The molecule has 0 aliphatic rings. The van der Waals surface area contributed by atoms with Crippen molar-refractivity contribution in [1.82, 2.24) is 5.06 Å². The molecule has 100 valence electrons. The van der Waals surface area contributed by atoms with E-state index in [0.717, 1.165) is 16.4 Å². The summed E-state index contributed by atoms with van der Waals surface area (Å²) in [5, 5.41) is 3.87. The molecule has 2 amide bonds. The molecule has 0 saturated carbocycles. The molecular weight excluding hydrogens is 232 g/mol. The monoisotopic (exact) mass is 252 g/mol. The molecule has 0 aromatic heterocycles. The molecule has 0 radical (unpaired) electrons. The number of ether oxygens (including phenoxy) is 1. The van der Waals surface area contributed by atoms with E-state index in [0.29, 0.717) is 11.6 Å². The summed E-state index contributed by atoms with van der Waals surface area (Å²) in [6, 6.07) is 5.23. The highest BCUT2D eigenvalue weighted by Crippen LogP contribution is 2.29. The van der Waals surface area contributed by atoms with Gasteiger partial charge in [-0.1, -0.05) is 13.8 Å². The van der Waals surface area contributed by atoms with Crippen molar-refractivity contribution in [3.8, 4) is 5.75 Å². The zero-order valence-corrected chi connectivity index (χ0v) is 11.5. The van der Waals surface area contributed by atoms with Crippen molar-refractivity contribution in [2.45, 2.75) is 19.8 Å². The number of carbonyl (C=O) groups is 1. The lowest BCUT2D eigenvalue weighted by Gasteiger charge is -2.17. The van der Waals surface area contributed by atoms with Crippen LogP contribution in [-0.2, 0) is 4.84 Å². The van der Waals surface area contributed by atoms with Gasteiger partial charge < -0.3 is 10.1 Å². The fraction of sp³-hybridized carbons (Fsp3) is 0.462. The minimum atomic E-state index is -0.322. The van der Waals surface area contributed by atoms with Gasteiger partial charge in [0.2, 0.25) is 0 Å². The molecule has 5 nitrogen and oxygen atoms in total. The normalized spacial score (nSPS) is 10.3. The third-order valence-electron chi connectivity index (χ3n) is 2.66. The van der Waals surface area contributed by atoms with Gasteiger partial charge >= 0.3 is 6.03 Å². The van der Waals surface area contributed by atoms with E-state index in [4.69, 9.17) is 9.57 Å². The Hall–Kier alpha value is -1.75. The van der Waals surface area contributed by atoms with E-state index < -0.39 is 0 Å². The third-order valence-corrected chi connectivity index (χ3v) is 2.66. The first-order chi connectivity index (χ1) is 8.49. The van der Waals surface area contributed by atoms with E-state index in [-0.39, 0.29) is 6.03 Å². The number of benzene rings is 1. The lowest BCUT2D eigenvalue weighted by atomic mass is 10.0. The second kappa shape index (κ2) is 6.26. The van der Waals surface area contributed by atoms with Gasteiger partial charge in [-0.2, -0.15) is 0 Å². The first-order valence-electron chi connectivity index (χ1n) is 5.76. The minimum absolute atomic E-state index is 0.317. The van der Waals surface area contributed by atoms with Crippen LogP contribution in [0.1, 0.15) is 25.3 Å². The van der Waals surface area contributed by atoms with Crippen LogP contribution in [0.4, 0.5) is 10.5 Å². The standard InChI is InChI=1S/C13H20N2O3/c1-9(2)11-8-10(6-7-12(11)17-4)14-13(16)15(3)18-5/h6-9H,1-5H3,(H,14,16). The molecule has 0 heterocycles. The SMILES string of the molecule is COc1ccc(NC(=O)N(C)OC)cc1C(C)C. The summed E-state index contributed by atoms with van der Waals surface area (Å²) >= 11 is 0.